The molecule has 4 aromatic heterocycles. The van der Waals surface area contributed by atoms with Gasteiger partial charge in [0.25, 0.3) is 5.91 Å². The lowest BCUT2D eigenvalue weighted by Gasteiger charge is -2.32. The van der Waals surface area contributed by atoms with E-state index in [1.54, 1.807) is 11.1 Å². The van der Waals surface area contributed by atoms with Gasteiger partial charge >= 0.3 is 6.18 Å². The first kappa shape index (κ1) is 24.2. The highest BCUT2D eigenvalue weighted by molar-refractivity contribution is 6.05. The third-order valence-electron chi connectivity index (χ3n) is 6.73. The number of carbonyl (C=O) groups excluding carboxylic acids is 1. The molecule has 1 fully saturated rings. The standard InChI is InChI=1S/C25H28F3N7O/c1-14(2)20-10-18(19-11-29-35(15(3)4)23(19)30-20)24(36)33-9-5-6-16(12-33)22-32-31-21-8-7-17(13-34(21)22)25(26,27)28/h7-8,10-11,13-16H,5-6,9,12H2,1-4H3. The Bertz CT molecular complexity index is 1440. The molecular formula is C25H28F3N7O. The maximum absolute atomic E-state index is 13.8. The Balaban J connectivity index is 1.50. The van der Waals surface area contributed by atoms with Gasteiger partial charge < -0.3 is 4.90 Å². The molecule has 0 spiro atoms. The Kier molecular flexibility index (Phi) is 5.96. The molecule has 1 atom stereocenters. The van der Waals surface area contributed by atoms with Crippen LogP contribution in [0.15, 0.2) is 30.6 Å². The van der Waals surface area contributed by atoms with Crippen molar-refractivity contribution < 1.29 is 18.0 Å². The van der Waals surface area contributed by atoms with Gasteiger partial charge in [-0.1, -0.05) is 13.8 Å². The normalized spacial score (nSPS) is 17.1. The number of likely N-dealkylation sites (tertiary alicyclic amines) is 1. The number of fused-ring (bicyclic) bond motifs is 2. The summed E-state index contributed by atoms with van der Waals surface area (Å²) < 4.78 is 43.1. The second-order valence-electron chi connectivity index (χ2n) is 9.96. The second-order valence-corrected chi connectivity index (χ2v) is 9.96. The van der Waals surface area contributed by atoms with Crippen LogP contribution < -0.4 is 0 Å². The van der Waals surface area contributed by atoms with E-state index in [1.165, 1.54) is 10.5 Å². The number of hydrogen-bond acceptors (Lipinski definition) is 5. The van der Waals surface area contributed by atoms with Gasteiger partial charge in [0.15, 0.2) is 11.3 Å². The van der Waals surface area contributed by atoms with Crippen molar-refractivity contribution in [2.75, 3.05) is 13.1 Å². The third kappa shape index (κ3) is 4.20. The summed E-state index contributed by atoms with van der Waals surface area (Å²) in [5.74, 6) is 0.184. The molecule has 5 heterocycles. The van der Waals surface area contributed by atoms with Crippen LogP contribution in [0.1, 0.15) is 85.9 Å². The lowest BCUT2D eigenvalue weighted by atomic mass is 9.96. The minimum Gasteiger partial charge on any atom is -0.338 e. The molecule has 1 aliphatic heterocycles. The maximum atomic E-state index is 13.8. The van der Waals surface area contributed by atoms with Gasteiger partial charge in [0.2, 0.25) is 0 Å². The van der Waals surface area contributed by atoms with Crippen molar-refractivity contribution in [2.45, 2.75) is 64.6 Å². The van der Waals surface area contributed by atoms with E-state index in [2.05, 4.69) is 15.3 Å². The summed E-state index contributed by atoms with van der Waals surface area (Å²) >= 11 is 0. The first-order chi connectivity index (χ1) is 17.0. The van der Waals surface area contributed by atoms with E-state index in [0.29, 0.717) is 54.0 Å². The molecule has 0 aromatic carbocycles. The van der Waals surface area contributed by atoms with Gasteiger partial charge in [-0.2, -0.15) is 18.3 Å². The zero-order valence-electron chi connectivity index (χ0n) is 20.6. The third-order valence-corrected chi connectivity index (χ3v) is 6.73. The highest BCUT2D eigenvalue weighted by atomic mass is 19.4. The Morgan fingerprint density at radius 2 is 1.92 bits per heavy atom. The molecule has 1 saturated heterocycles. The second kappa shape index (κ2) is 8.86. The number of nitrogens with zero attached hydrogens (tertiary/aromatic N) is 7. The fourth-order valence-electron chi connectivity index (χ4n) is 4.79. The number of carbonyl (C=O) groups is 1. The fraction of sp³-hybridized carbons (Fsp3) is 0.480. The van der Waals surface area contributed by atoms with Gasteiger partial charge in [-0.25, -0.2) is 9.67 Å². The molecule has 0 saturated carbocycles. The van der Waals surface area contributed by atoms with Crippen molar-refractivity contribution in [3.05, 3.63) is 53.2 Å². The van der Waals surface area contributed by atoms with Gasteiger partial charge in [-0.05, 0) is 50.8 Å². The minimum absolute atomic E-state index is 0.0857. The molecule has 190 valence electrons. The van der Waals surface area contributed by atoms with Gasteiger partial charge in [-0.3, -0.25) is 9.20 Å². The van der Waals surface area contributed by atoms with E-state index in [-0.39, 0.29) is 23.8 Å². The number of alkyl halides is 3. The molecule has 0 radical (unpaired) electrons. The quantitative estimate of drug-likeness (QED) is 0.385. The van der Waals surface area contributed by atoms with E-state index >= 15 is 0 Å². The summed E-state index contributed by atoms with van der Waals surface area (Å²) in [6.07, 6.45) is -0.333. The molecule has 1 aliphatic rings. The average molecular weight is 500 g/mol. The first-order valence-corrected chi connectivity index (χ1v) is 12.1. The van der Waals surface area contributed by atoms with Crippen LogP contribution >= 0.6 is 0 Å². The number of piperidine rings is 1. The van der Waals surface area contributed by atoms with Gasteiger partial charge in [0, 0.05) is 36.9 Å². The lowest BCUT2D eigenvalue weighted by molar-refractivity contribution is -0.137. The Morgan fingerprint density at radius 1 is 1.14 bits per heavy atom. The molecular weight excluding hydrogens is 471 g/mol. The molecule has 0 aliphatic carbocycles. The Labute approximate surface area is 206 Å². The van der Waals surface area contributed by atoms with Crippen molar-refractivity contribution in [3.8, 4) is 0 Å². The van der Waals surface area contributed by atoms with Crippen molar-refractivity contribution in [3.63, 3.8) is 0 Å². The summed E-state index contributed by atoms with van der Waals surface area (Å²) in [5, 5.41) is 13.4. The smallest absolute Gasteiger partial charge is 0.338 e. The van der Waals surface area contributed by atoms with Crippen LogP contribution in [-0.2, 0) is 6.18 Å². The number of pyridine rings is 2. The number of amides is 1. The van der Waals surface area contributed by atoms with Crippen LogP contribution in [-0.4, -0.2) is 53.3 Å². The molecule has 11 heteroatoms. The van der Waals surface area contributed by atoms with Crippen molar-refractivity contribution in [1.29, 1.82) is 0 Å². The molecule has 0 N–H and O–H groups in total. The summed E-state index contributed by atoms with van der Waals surface area (Å²) in [4.78, 5) is 20.3. The number of hydrogen-bond donors (Lipinski definition) is 0. The molecule has 1 unspecified atom stereocenters. The highest BCUT2D eigenvalue weighted by Gasteiger charge is 2.33. The SMILES string of the molecule is CC(C)c1cc(C(=O)N2CCCC(c3nnc4ccc(C(F)(F)F)cn34)C2)c2cnn(C(C)C)c2n1. The lowest BCUT2D eigenvalue weighted by Crippen LogP contribution is -2.39. The highest BCUT2D eigenvalue weighted by Crippen LogP contribution is 2.32. The van der Waals surface area contributed by atoms with Gasteiger partial charge in [-0.15, -0.1) is 10.2 Å². The van der Waals surface area contributed by atoms with Crippen LogP contribution in [0.2, 0.25) is 0 Å². The van der Waals surface area contributed by atoms with Crippen LogP contribution in [0, 0.1) is 0 Å². The number of aromatic nitrogens is 6. The molecule has 36 heavy (non-hydrogen) atoms. The summed E-state index contributed by atoms with van der Waals surface area (Å²) in [6.45, 7) is 8.98. The van der Waals surface area contributed by atoms with E-state index in [9.17, 15) is 18.0 Å². The Hall–Kier alpha value is -3.50. The fourth-order valence-corrected chi connectivity index (χ4v) is 4.79. The predicted molar refractivity (Wildman–Crippen MR) is 128 cm³/mol. The predicted octanol–water partition coefficient (Wildman–Crippen LogP) is 5.22. The van der Waals surface area contributed by atoms with Crippen LogP contribution in [0.4, 0.5) is 13.2 Å². The zero-order valence-corrected chi connectivity index (χ0v) is 20.6. The van der Waals surface area contributed by atoms with Gasteiger partial charge in [0.1, 0.15) is 5.82 Å². The van der Waals surface area contributed by atoms with Crippen LogP contribution in [0.5, 0.6) is 0 Å². The minimum atomic E-state index is -4.47. The number of halogens is 3. The number of rotatable bonds is 4. The molecule has 8 nitrogen and oxygen atoms in total. The zero-order chi connectivity index (χ0) is 25.8. The largest absolute Gasteiger partial charge is 0.417 e. The molecule has 0 bridgehead atoms. The van der Waals surface area contributed by atoms with Crippen molar-refractivity contribution in [2.24, 2.45) is 0 Å². The average Bonchev–Trinajstić information content (AvgIpc) is 3.46. The van der Waals surface area contributed by atoms with Crippen molar-refractivity contribution >= 4 is 22.6 Å². The van der Waals surface area contributed by atoms with E-state index in [4.69, 9.17) is 4.98 Å². The van der Waals surface area contributed by atoms with E-state index < -0.39 is 11.7 Å². The molecule has 5 rings (SSSR count). The maximum Gasteiger partial charge on any atom is 0.417 e. The summed E-state index contributed by atoms with van der Waals surface area (Å²) in [5.41, 5.74) is 1.62. The van der Waals surface area contributed by atoms with Crippen LogP contribution in [0.25, 0.3) is 16.7 Å². The molecule has 1 amide bonds. The molecule has 4 aromatic rings. The van der Waals surface area contributed by atoms with E-state index in [0.717, 1.165) is 18.0 Å². The van der Waals surface area contributed by atoms with Gasteiger partial charge in [0.05, 0.1) is 22.7 Å². The monoisotopic (exact) mass is 499 g/mol. The summed E-state index contributed by atoms with van der Waals surface area (Å²) in [6, 6.07) is 4.25. The topological polar surface area (TPSA) is 81.2 Å². The van der Waals surface area contributed by atoms with E-state index in [1.807, 2.05) is 38.4 Å². The van der Waals surface area contributed by atoms with Crippen LogP contribution in [0.3, 0.4) is 0 Å². The first-order valence-electron chi connectivity index (χ1n) is 12.1. The Morgan fingerprint density at radius 3 is 2.61 bits per heavy atom. The summed E-state index contributed by atoms with van der Waals surface area (Å²) in [7, 11) is 0. The van der Waals surface area contributed by atoms with Crippen molar-refractivity contribution in [1.82, 2.24) is 34.3 Å².